The maximum absolute atomic E-state index is 12.4. The van der Waals surface area contributed by atoms with Gasteiger partial charge in [-0.1, -0.05) is 12.1 Å². The molecule has 6 nitrogen and oxygen atoms in total. The van der Waals surface area contributed by atoms with Crippen LogP contribution in [0.5, 0.6) is 0 Å². The normalized spacial score (nSPS) is 13.5. The minimum Gasteiger partial charge on any atom is -0.457 e. The molecule has 0 saturated carbocycles. The highest BCUT2D eigenvalue weighted by Crippen LogP contribution is 2.15. The van der Waals surface area contributed by atoms with E-state index in [0.29, 0.717) is 11.1 Å². The Kier molecular flexibility index (Phi) is 5.19. The van der Waals surface area contributed by atoms with E-state index < -0.39 is 0 Å². The Balaban J connectivity index is 1.33. The van der Waals surface area contributed by atoms with E-state index in [1.54, 1.807) is 35.1 Å². The highest BCUT2D eigenvalue weighted by atomic mass is 16.5. The van der Waals surface area contributed by atoms with E-state index in [1.807, 2.05) is 41.4 Å². The highest BCUT2D eigenvalue weighted by molar-refractivity contribution is 5.94. The molecule has 0 atom stereocenters. The van der Waals surface area contributed by atoms with E-state index in [2.05, 4.69) is 5.10 Å². The second kappa shape index (κ2) is 8.08. The first-order valence-electron chi connectivity index (χ1n) is 9.36. The molecule has 1 aromatic heterocycles. The van der Waals surface area contributed by atoms with Gasteiger partial charge in [0.25, 0.3) is 5.91 Å². The van der Waals surface area contributed by atoms with Gasteiger partial charge in [0, 0.05) is 31.0 Å². The van der Waals surface area contributed by atoms with Crippen LogP contribution in [0.3, 0.4) is 0 Å². The van der Waals surface area contributed by atoms with Crippen molar-refractivity contribution in [2.24, 2.45) is 0 Å². The molecule has 2 heterocycles. The molecule has 0 unspecified atom stereocenters. The third-order valence-electron chi connectivity index (χ3n) is 4.84. The lowest BCUT2D eigenvalue weighted by atomic mass is 10.1. The summed E-state index contributed by atoms with van der Waals surface area (Å²) < 4.78 is 7.11. The molecule has 3 aromatic rings. The summed E-state index contributed by atoms with van der Waals surface area (Å²) in [5, 5.41) is 4.16. The van der Waals surface area contributed by atoms with Crippen LogP contribution in [0.1, 0.15) is 39.1 Å². The van der Waals surface area contributed by atoms with Gasteiger partial charge in [-0.15, -0.1) is 0 Å². The molecular weight excluding hydrogens is 354 g/mol. The quantitative estimate of drug-likeness (QED) is 0.641. The van der Waals surface area contributed by atoms with Crippen LogP contribution in [0.25, 0.3) is 5.69 Å². The molecule has 1 aliphatic heterocycles. The van der Waals surface area contributed by atoms with Gasteiger partial charge in [-0.25, -0.2) is 9.48 Å². The van der Waals surface area contributed by atoms with Crippen molar-refractivity contribution in [3.63, 3.8) is 0 Å². The van der Waals surface area contributed by atoms with Crippen LogP contribution >= 0.6 is 0 Å². The number of likely N-dealkylation sites (tertiary alicyclic amines) is 1. The predicted molar refractivity (Wildman–Crippen MR) is 104 cm³/mol. The Morgan fingerprint density at radius 1 is 0.929 bits per heavy atom. The predicted octanol–water partition coefficient (Wildman–Crippen LogP) is 3.47. The number of rotatable bonds is 5. The molecule has 6 heteroatoms. The lowest BCUT2D eigenvalue weighted by Gasteiger charge is -2.15. The van der Waals surface area contributed by atoms with Crippen molar-refractivity contribution < 1.29 is 14.3 Å². The Morgan fingerprint density at radius 3 is 2.25 bits per heavy atom. The van der Waals surface area contributed by atoms with Gasteiger partial charge < -0.3 is 9.64 Å². The maximum Gasteiger partial charge on any atom is 0.338 e. The molecule has 142 valence electrons. The summed E-state index contributed by atoms with van der Waals surface area (Å²) in [6.07, 6.45) is 5.68. The number of amides is 1. The molecule has 1 fully saturated rings. The molecule has 1 saturated heterocycles. The summed E-state index contributed by atoms with van der Waals surface area (Å²) >= 11 is 0. The van der Waals surface area contributed by atoms with Crippen LogP contribution in [-0.4, -0.2) is 39.6 Å². The van der Waals surface area contributed by atoms with Gasteiger partial charge in [-0.2, -0.15) is 5.10 Å². The smallest absolute Gasteiger partial charge is 0.338 e. The molecule has 0 radical (unpaired) electrons. The molecule has 2 aromatic carbocycles. The molecule has 0 spiro atoms. The van der Waals surface area contributed by atoms with Crippen LogP contribution in [0.4, 0.5) is 0 Å². The zero-order valence-electron chi connectivity index (χ0n) is 15.5. The summed E-state index contributed by atoms with van der Waals surface area (Å²) in [5.74, 6) is -0.317. The molecule has 1 amide bonds. The average molecular weight is 375 g/mol. The SMILES string of the molecule is O=C(OCc1ccc(C(=O)N2CCCC2)cc1)c1ccc(-n2cccn2)cc1. The van der Waals surface area contributed by atoms with Gasteiger partial charge >= 0.3 is 5.97 Å². The molecule has 4 rings (SSSR count). The first kappa shape index (κ1) is 18.0. The second-order valence-electron chi connectivity index (χ2n) is 6.77. The fourth-order valence-corrected chi connectivity index (χ4v) is 3.25. The van der Waals surface area contributed by atoms with E-state index in [9.17, 15) is 9.59 Å². The van der Waals surface area contributed by atoms with Crippen molar-refractivity contribution in [3.8, 4) is 5.69 Å². The minimum absolute atomic E-state index is 0.0679. The Morgan fingerprint density at radius 2 is 1.61 bits per heavy atom. The Labute approximate surface area is 163 Å². The summed E-state index contributed by atoms with van der Waals surface area (Å²) in [4.78, 5) is 26.5. The van der Waals surface area contributed by atoms with E-state index in [4.69, 9.17) is 4.74 Å². The molecule has 28 heavy (non-hydrogen) atoms. The monoisotopic (exact) mass is 375 g/mol. The van der Waals surface area contributed by atoms with Gasteiger partial charge in [0.05, 0.1) is 11.3 Å². The second-order valence-corrected chi connectivity index (χ2v) is 6.77. The summed E-state index contributed by atoms with van der Waals surface area (Å²) in [7, 11) is 0. The third-order valence-corrected chi connectivity index (χ3v) is 4.84. The van der Waals surface area contributed by atoms with Gasteiger partial charge in [-0.3, -0.25) is 4.79 Å². The zero-order chi connectivity index (χ0) is 19.3. The minimum atomic E-state index is -0.385. The molecular formula is C22H21N3O3. The van der Waals surface area contributed by atoms with E-state index in [-0.39, 0.29) is 18.5 Å². The largest absolute Gasteiger partial charge is 0.457 e. The third kappa shape index (κ3) is 3.96. The van der Waals surface area contributed by atoms with Crippen molar-refractivity contribution in [1.82, 2.24) is 14.7 Å². The summed E-state index contributed by atoms with van der Waals surface area (Å²) in [5.41, 5.74) is 2.88. The highest BCUT2D eigenvalue weighted by Gasteiger charge is 2.19. The van der Waals surface area contributed by atoms with Crippen LogP contribution in [0.2, 0.25) is 0 Å². The number of nitrogens with zero attached hydrogens (tertiary/aromatic N) is 3. The van der Waals surface area contributed by atoms with E-state index in [0.717, 1.165) is 37.2 Å². The van der Waals surface area contributed by atoms with E-state index in [1.165, 1.54) is 0 Å². The Hall–Kier alpha value is -3.41. The molecule has 1 aliphatic rings. The summed E-state index contributed by atoms with van der Waals surface area (Å²) in [6.45, 7) is 1.83. The number of carbonyl (C=O) groups is 2. The molecule has 0 N–H and O–H groups in total. The van der Waals surface area contributed by atoms with Crippen molar-refractivity contribution in [3.05, 3.63) is 83.7 Å². The van der Waals surface area contributed by atoms with Gasteiger partial charge in [0.1, 0.15) is 6.61 Å². The number of esters is 1. The number of carbonyl (C=O) groups excluding carboxylic acids is 2. The number of benzene rings is 2. The van der Waals surface area contributed by atoms with Crippen LogP contribution < -0.4 is 0 Å². The first-order chi connectivity index (χ1) is 13.7. The number of hydrogen-bond donors (Lipinski definition) is 0. The lowest BCUT2D eigenvalue weighted by molar-refractivity contribution is 0.0472. The van der Waals surface area contributed by atoms with Gasteiger partial charge in [0.2, 0.25) is 0 Å². The number of ether oxygens (including phenoxy) is 1. The fourth-order valence-electron chi connectivity index (χ4n) is 3.25. The standard InChI is InChI=1S/C22H21N3O3/c26-21(24-13-1-2-14-24)18-6-4-17(5-7-18)16-28-22(27)19-8-10-20(11-9-19)25-15-3-12-23-25/h3-12,15H,1-2,13-14,16H2. The lowest BCUT2D eigenvalue weighted by Crippen LogP contribution is -2.27. The average Bonchev–Trinajstić information content (AvgIpc) is 3.46. The van der Waals surface area contributed by atoms with Crippen LogP contribution in [0.15, 0.2) is 67.0 Å². The van der Waals surface area contributed by atoms with Crippen molar-refractivity contribution >= 4 is 11.9 Å². The fraction of sp³-hybridized carbons (Fsp3) is 0.227. The topological polar surface area (TPSA) is 64.4 Å². The van der Waals surface area contributed by atoms with E-state index >= 15 is 0 Å². The maximum atomic E-state index is 12.4. The van der Waals surface area contributed by atoms with Crippen LogP contribution in [-0.2, 0) is 11.3 Å². The number of hydrogen-bond acceptors (Lipinski definition) is 4. The zero-order valence-corrected chi connectivity index (χ0v) is 15.5. The van der Waals surface area contributed by atoms with Crippen molar-refractivity contribution in [2.45, 2.75) is 19.4 Å². The number of aromatic nitrogens is 2. The van der Waals surface area contributed by atoms with Gasteiger partial charge in [-0.05, 0) is 60.9 Å². The van der Waals surface area contributed by atoms with Crippen LogP contribution in [0, 0.1) is 0 Å². The molecule has 0 aliphatic carbocycles. The molecule has 0 bridgehead atoms. The van der Waals surface area contributed by atoms with Gasteiger partial charge in [0.15, 0.2) is 0 Å². The first-order valence-corrected chi connectivity index (χ1v) is 9.36. The van der Waals surface area contributed by atoms with Crippen molar-refractivity contribution in [2.75, 3.05) is 13.1 Å². The summed E-state index contributed by atoms with van der Waals surface area (Å²) in [6, 6.07) is 16.2. The van der Waals surface area contributed by atoms with Crippen molar-refractivity contribution in [1.29, 1.82) is 0 Å². The Bertz CT molecular complexity index is 942.